The second-order valence-corrected chi connectivity index (χ2v) is 2.54. The van der Waals surface area contributed by atoms with Crippen molar-refractivity contribution in [3.8, 4) is 0 Å². The van der Waals surface area contributed by atoms with Crippen LogP contribution >= 0.6 is 11.5 Å². The van der Waals surface area contributed by atoms with Gasteiger partial charge in [0.15, 0.2) is 11.0 Å². The first kappa shape index (κ1) is 7.87. The van der Waals surface area contributed by atoms with Crippen molar-refractivity contribution >= 4 is 28.5 Å². The molecule has 0 saturated carbocycles. The summed E-state index contributed by atoms with van der Waals surface area (Å²) in [5, 5.41) is 0.356. The van der Waals surface area contributed by atoms with Gasteiger partial charge >= 0.3 is 0 Å². The van der Waals surface area contributed by atoms with Crippen molar-refractivity contribution < 1.29 is 4.79 Å². The van der Waals surface area contributed by atoms with Crippen LogP contribution in [0.1, 0.15) is 12.7 Å². The molecule has 1 aromatic heterocycles. The topological polar surface area (TPSA) is 68.9 Å². The van der Waals surface area contributed by atoms with E-state index in [0.29, 0.717) is 16.5 Å². The summed E-state index contributed by atoms with van der Waals surface area (Å²) < 4.78 is 3.83. The standard InChI is InChI=1S/C6H6N3OS/c1-2-4(3-10)5-8-6(7)11-9-5/h2H,1H3,(H2,7,8,9)/b4-2-. The van der Waals surface area contributed by atoms with Crippen molar-refractivity contribution in [3.05, 3.63) is 11.9 Å². The number of nitrogens with zero attached hydrogens (tertiary/aromatic N) is 2. The summed E-state index contributed by atoms with van der Waals surface area (Å²) in [6.45, 7) is 1.72. The Morgan fingerprint density at radius 2 is 2.55 bits per heavy atom. The van der Waals surface area contributed by atoms with Crippen molar-refractivity contribution in [2.24, 2.45) is 0 Å². The molecule has 0 aliphatic heterocycles. The van der Waals surface area contributed by atoms with E-state index in [1.165, 1.54) is 0 Å². The van der Waals surface area contributed by atoms with Gasteiger partial charge in [-0.15, -0.1) is 0 Å². The monoisotopic (exact) mass is 168 g/mol. The molecule has 0 bridgehead atoms. The van der Waals surface area contributed by atoms with Gasteiger partial charge in [-0.05, 0) is 6.92 Å². The fourth-order valence-electron chi connectivity index (χ4n) is 0.578. The van der Waals surface area contributed by atoms with Crippen LogP contribution in [0.3, 0.4) is 0 Å². The predicted molar refractivity (Wildman–Crippen MR) is 43.7 cm³/mol. The van der Waals surface area contributed by atoms with Crippen LogP contribution in [0.15, 0.2) is 6.08 Å². The first-order valence-electron chi connectivity index (χ1n) is 2.92. The zero-order valence-electron chi connectivity index (χ0n) is 5.87. The second-order valence-electron chi connectivity index (χ2n) is 1.76. The van der Waals surface area contributed by atoms with Gasteiger partial charge in [-0.25, -0.2) is 0 Å². The number of anilines is 1. The molecule has 0 fully saturated rings. The summed E-state index contributed by atoms with van der Waals surface area (Å²) in [6.07, 6.45) is 3.31. The third-order valence-corrected chi connectivity index (χ3v) is 1.62. The molecule has 0 unspecified atom stereocenters. The van der Waals surface area contributed by atoms with Crippen LogP contribution in [0.2, 0.25) is 0 Å². The molecule has 0 spiro atoms. The number of nitrogen functional groups attached to an aromatic ring is 1. The van der Waals surface area contributed by atoms with Gasteiger partial charge in [0.2, 0.25) is 6.29 Å². The lowest BCUT2D eigenvalue weighted by atomic mass is 10.3. The Kier molecular flexibility index (Phi) is 2.32. The third-order valence-electron chi connectivity index (χ3n) is 1.08. The molecular weight excluding hydrogens is 162 g/mol. The van der Waals surface area contributed by atoms with E-state index >= 15 is 0 Å². The maximum absolute atomic E-state index is 10.2. The molecule has 0 saturated heterocycles. The Bertz CT molecular complexity index is 292. The van der Waals surface area contributed by atoms with Gasteiger partial charge < -0.3 is 5.73 Å². The molecule has 0 aliphatic rings. The van der Waals surface area contributed by atoms with Gasteiger partial charge in [0.1, 0.15) is 0 Å². The zero-order valence-corrected chi connectivity index (χ0v) is 6.68. The minimum absolute atomic E-state index is 0.345. The Morgan fingerprint density at radius 3 is 2.91 bits per heavy atom. The van der Waals surface area contributed by atoms with Crippen LogP contribution in [0.25, 0.3) is 5.57 Å². The molecule has 0 amide bonds. The second kappa shape index (κ2) is 3.25. The van der Waals surface area contributed by atoms with Crippen LogP contribution in [0.4, 0.5) is 5.13 Å². The van der Waals surface area contributed by atoms with Crippen molar-refractivity contribution in [1.29, 1.82) is 0 Å². The molecule has 4 nitrogen and oxygen atoms in total. The molecular formula is C6H6N3OS. The number of allylic oxidation sites excluding steroid dienone is 2. The van der Waals surface area contributed by atoms with E-state index in [2.05, 4.69) is 9.36 Å². The van der Waals surface area contributed by atoms with E-state index < -0.39 is 0 Å². The molecule has 11 heavy (non-hydrogen) atoms. The highest BCUT2D eigenvalue weighted by Crippen LogP contribution is 2.12. The molecule has 0 aliphatic carbocycles. The lowest BCUT2D eigenvalue weighted by molar-refractivity contribution is 0.565. The Hall–Kier alpha value is -1.23. The van der Waals surface area contributed by atoms with E-state index in [9.17, 15) is 4.79 Å². The maximum atomic E-state index is 10.2. The molecule has 1 heterocycles. The van der Waals surface area contributed by atoms with Crippen LogP contribution in [-0.4, -0.2) is 15.6 Å². The lowest BCUT2D eigenvalue weighted by Crippen LogP contribution is -1.89. The van der Waals surface area contributed by atoms with Crippen molar-refractivity contribution in [3.63, 3.8) is 0 Å². The highest BCUT2D eigenvalue weighted by atomic mass is 32.1. The normalized spacial score (nSPS) is 11.5. The van der Waals surface area contributed by atoms with Gasteiger partial charge in [-0.3, -0.25) is 4.79 Å². The number of hydrogen-bond donors (Lipinski definition) is 1. The van der Waals surface area contributed by atoms with Crippen LogP contribution < -0.4 is 5.73 Å². The fraction of sp³-hybridized carbons (Fsp3) is 0.167. The summed E-state index contributed by atoms with van der Waals surface area (Å²) >= 11 is 1.06. The largest absolute Gasteiger partial charge is 0.374 e. The summed E-state index contributed by atoms with van der Waals surface area (Å²) in [7, 11) is 0. The van der Waals surface area contributed by atoms with Crippen molar-refractivity contribution in [2.45, 2.75) is 6.92 Å². The summed E-state index contributed by atoms with van der Waals surface area (Å²) in [5.74, 6) is 0.352. The van der Waals surface area contributed by atoms with E-state index in [4.69, 9.17) is 5.73 Å². The van der Waals surface area contributed by atoms with E-state index in [-0.39, 0.29) is 0 Å². The van der Waals surface area contributed by atoms with Gasteiger partial charge in [0, 0.05) is 11.5 Å². The van der Waals surface area contributed by atoms with Gasteiger partial charge in [0.25, 0.3) is 0 Å². The van der Waals surface area contributed by atoms with E-state index in [0.717, 1.165) is 11.5 Å². The van der Waals surface area contributed by atoms with Gasteiger partial charge in [-0.2, -0.15) is 9.36 Å². The molecule has 0 atom stereocenters. The highest BCUT2D eigenvalue weighted by Gasteiger charge is 2.05. The highest BCUT2D eigenvalue weighted by molar-refractivity contribution is 7.09. The summed E-state index contributed by atoms with van der Waals surface area (Å²) in [4.78, 5) is 14.0. The maximum Gasteiger partial charge on any atom is 0.237 e. The van der Waals surface area contributed by atoms with Crippen molar-refractivity contribution in [1.82, 2.24) is 9.36 Å². The Labute approximate surface area is 67.9 Å². The lowest BCUT2D eigenvalue weighted by Gasteiger charge is -1.85. The number of nitrogens with two attached hydrogens (primary N) is 1. The average Bonchev–Trinajstić information content (AvgIpc) is 2.39. The molecule has 1 aromatic rings. The Morgan fingerprint density at radius 1 is 1.82 bits per heavy atom. The number of rotatable bonds is 2. The van der Waals surface area contributed by atoms with Gasteiger partial charge in [-0.1, -0.05) is 6.08 Å². The minimum atomic E-state index is 0.345. The SMILES string of the molecule is C/C=C(/[C]=O)c1nsc(N)n1. The predicted octanol–water partition coefficient (Wildman–Crippen LogP) is 0.633. The van der Waals surface area contributed by atoms with Crippen LogP contribution in [0.5, 0.6) is 0 Å². The molecule has 5 heteroatoms. The van der Waals surface area contributed by atoms with Crippen molar-refractivity contribution in [2.75, 3.05) is 5.73 Å². The van der Waals surface area contributed by atoms with E-state index in [1.807, 2.05) is 0 Å². The number of hydrogen-bond acceptors (Lipinski definition) is 5. The fourth-order valence-corrected chi connectivity index (χ4v) is 1.02. The van der Waals surface area contributed by atoms with Crippen LogP contribution in [-0.2, 0) is 4.79 Å². The minimum Gasteiger partial charge on any atom is -0.374 e. The molecule has 1 radical (unpaired) electrons. The smallest absolute Gasteiger partial charge is 0.237 e. The first-order chi connectivity index (χ1) is 5.27. The zero-order chi connectivity index (χ0) is 8.27. The summed E-state index contributed by atoms with van der Waals surface area (Å²) in [5.41, 5.74) is 5.66. The number of carbonyl (C=O) groups excluding carboxylic acids is 1. The van der Waals surface area contributed by atoms with Gasteiger partial charge in [0.05, 0.1) is 5.57 Å². The molecule has 0 aromatic carbocycles. The van der Waals surface area contributed by atoms with Crippen LogP contribution in [0, 0.1) is 0 Å². The van der Waals surface area contributed by atoms with E-state index in [1.54, 1.807) is 19.3 Å². The molecule has 1 rings (SSSR count). The quantitative estimate of drug-likeness (QED) is 0.658. The third kappa shape index (κ3) is 1.62. The summed E-state index contributed by atoms with van der Waals surface area (Å²) in [6, 6.07) is 0. The number of aromatic nitrogens is 2. The first-order valence-corrected chi connectivity index (χ1v) is 3.69. The molecule has 57 valence electrons. The average molecular weight is 168 g/mol. The molecule has 2 N–H and O–H groups in total. The Balaban J connectivity index is 3.00.